The van der Waals surface area contributed by atoms with Crippen LogP contribution in [0.3, 0.4) is 0 Å². The molecule has 1 fully saturated rings. The van der Waals surface area contributed by atoms with Crippen molar-refractivity contribution in [1.82, 2.24) is 10.6 Å². The van der Waals surface area contributed by atoms with Crippen LogP contribution in [0.5, 0.6) is 0 Å². The SMILES string of the molecule is C[C@H](NC(=O)COC(=O)CNC(=O)c1cccc(F)c1)C1CC1. The largest absolute Gasteiger partial charge is 0.454 e. The van der Waals surface area contributed by atoms with Crippen molar-refractivity contribution in [2.75, 3.05) is 13.2 Å². The molecule has 1 aliphatic rings. The number of halogens is 1. The summed E-state index contributed by atoms with van der Waals surface area (Å²) in [6, 6.07) is 5.18. The third-order valence-corrected chi connectivity index (χ3v) is 3.56. The van der Waals surface area contributed by atoms with E-state index < -0.39 is 17.7 Å². The van der Waals surface area contributed by atoms with Gasteiger partial charge in [0.1, 0.15) is 12.4 Å². The molecule has 0 bridgehead atoms. The van der Waals surface area contributed by atoms with Gasteiger partial charge in [-0.1, -0.05) is 6.07 Å². The van der Waals surface area contributed by atoms with Gasteiger partial charge in [0.25, 0.3) is 11.8 Å². The van der Waals surface area contributed by atoms with Gasteiger partial charge in [-0.25, -0.2) is 4.39 Å². The fraction of sp³-hybridized carbons (Fsp3) is 0.438. The summed E-state index contributed by atoms with van der Waals surface area (Å²) in [6.07, 6.45) is 2.21. The van der Waals surface area contributed by atoms with Gasteiger partial charge in [0.2, 0.25) is 0 Å². The minimum atomic E-state index is -0.732. The summed E-state index contributed by atoms with van der Waals surface area (Å²) in [5.74, 6) is -1.71. The average Bonchev–Trinajstić information content (AvgIpc) is 3.35. The summed E-state index contributed by atoms with van der Waals surface area (Å²) in [7, 11) is 0. The molecule has 0 saturated heterocycles. The van der Waals surface area contributed by atoms with Crippen LogP contribution in [0.4, 0.5) is 4.39 Å². The average molecular weight is 322 g/mol. The molecule has 6 nitrogen and oxygen atoms in total. The molecule has 0 aromatic heterocycles. The Balaban J connectivity index is 1.66. The van der Waals surface area contributed by atoms with Crippen LogP contribution in [0.2, 0.25) is 0 Å². The van der Waals surface area contributed by atoms with Crippen molar-refractivity contribution >= 4 is 17.8 Å². The van der Waals surface area contributed by atoms with Crippen LogP contribution in [0, 0.1) is 11.7 Å². The van der Waals surface area contributed by atoms with Gasteiger partial charge < -0.3 is 15.4 Å². The van der Waals surface area contributed by atoms with E-state index in [0.717, 1.165) is 18.9 Å². The molecular formula is C16H19FN2O4. The van der Waals surface area contributed by atoms with Crippen molar-refractivity contribution in [2.45, 2.75) is 25.8 Å². The normalized spacial score (nSPS) is 14.7. The molecule has 1 aromatic carbocycles. The van der Waals surface area contributed by atoms with E-state index in [1.807, 2.05) is 6.92 Å². The summed E-state index contributed by atoms with van der Waals surface area (Å²) in [5, 5.41) is 5.06. The van der Waals surface area contributed by atoms with Gasteiger partial charge in [-0.2, -0.15) is 0 Å². The Kier molecular flexibility index (Phi) is 5.67. The van der Waals surface area contributed by atoms with Crippen molar-refractivity contribution in [1.29, 1.82) is 0 Å². The van der Waals surface area contributed by atoms with Gasteiger partial charge in [-0.15, -0.1) is 0 Å². The predicted octanol–water partition coefficient (Wildman–Crippen LogP) is 1.01. The van der Waals surface area contributed by atoms with Gasteiger partial charge in [0.05, 0.1) is 0 Å². The molecule has 2 N–H and O–H groups in total. The smallest absolute Gasteiger partial charge is 0.325 e. The summed E-state index contributed by atoms with van der Waals surface area (Å²) in [4.78, 5) is 34.8. The zero-order chi connectivity index (χ0) is 16.8. The van der Waals surface area contributed by atoms with E-state index in [1.54, 1.807) is 0 Å². The van der Waals surface area contributed by atoms with Crippen LogP contribution in [-0.2, 0) is 14.3 Å². The van der Waals surface area contributed by atoms with Crippen molar-refractivity contribution in [2.24, 2.45) is 5.92 Å². The Morgan fingerprint density at radius 2 is 2.09 bits per heavy atom. The van der Waals surface area contributed by atoms with E-state index in [2.05, 4.69) is 10.6 Å². The highest BCUT2D eigenvalue weighted by molar-refractivity contribution is 5.96. The maximum atomic E-state index is 13.0. The highest BCUT2D eigenvalue weighted by atomic mass is 19.1. The first-order chi connectivity index (χ1) is 11.0. The van der Waals surface area contributed by atoms with Crippen molar-refractivity contribution in [3.05, 3.63) is 35.6 Å². The molecule has 2 amide bonds. The molecule has 0 heterocycles. The number of ether oxygens (including phenoxy) is 1. The zero-order valence-corrected chi connectivity index (χ0v) is 12.8. The maximum Gasteiger partial charge on any atom is 0.325 e. The van der Waals surface area contributed by atoms with Crippen molar-refractivity contribution in [3.8, 4) is 0 Å². The van der Waals surface area contributed by atoms with Crippen molar-refractivity contribution in [3.63, 3.8) is 0 Å². The van der Waals surface area contributed by atoms with E-state index >= 15 is 0 Å². The number of rotatable bonds is 7. The van der Waals surface area contributed by atoms with Crippen LogP contribution < -0.4 is 10.6 Å². The summed E-state index contributed by atoms with van der Waals surface area (Å²) < 4.78 is 17.8. The van der Waals surface area contributed by atoms with Gasteiger partial charge in [0, 0.05) is 11.6 Å². The molecule has 0 spiro atoms. The number of carbonyl (C=O) groups excluding carboxylic acids is 3. The number of hydrogen-bond donors (Lipinski definition) is 2. The van der Waals surface area contributed by atoms with E-state index in [4.69, 9.17) is 4.74 Å². The second-order valence-electron chi connectivity index (χ2n) is 5.55. The first-order valence-electron chi connectivity index (χ1n) is 7.44. The Morgan fingerprint density at radius 3 is 2.74 bits per heavy atom. The highest BCUT2D eigenvalue weighted by Gasteiger charge is 2.28. The van der Waals surface area contributed by atoms with Gasteiger partial charge in [0.15, 0.2) is 6.61 Å². The first kappa shape index (κ1) is 16.9. The second-order valence-corrected chi connectivity index (χ2v) is 5.55. The van der Waals surface area contributed by atoms with Crippen LogP contribution in [0.25, 0.3) is 0 Å². The molecule has 0 radical (unpaired) electrons. The van der Waals surface area contributed by atoms with E-state index in [1.165, 1.54) is 18.2 Å². The molecular weight excluding hydrogens is 303 g/mol. The summed E-state index contributed by atoms with van der Waals surface area (Å²) in [5.41, 5.74) is 0.105. The molecule has 0 unspecified atom stereocenters. The summed E-state index contributed by atoms with van der Waals surface area (Å²) >= 11 is 0. The van der Waals surface area contributed by atoms with Gasteiger partial charge in [-0.3, -0.25) is 14.4 Å². The number of esters is 1. The molecule has 1 saturated carbocycles. The quantitative estimate of drug-likeness (QED) is 0.734. The topological polar surface area (TPSA) is 84.5 Å². The zero-order valence-electron chi connectivity index (χ0n) is 12.8. The van der Waals surface area contributed by atoms with Crippen LogP contribution >= 0.6 is 0 Å². The van der Waals surface area contributed by atoms with E-state index in [0.29, 0.717) is 5.92 Å². The van der Waals surface area contributed by atoms with E-state index in [-0.39, 0.29) is 30.7 Å². The van der Waals surface area contributed by atoms with Crippen LogP contribution in [0.15, 0.2) is 24.3 Å². The van der Waals surface area contributed by atoms with E-state index in [9.17, 15) is 18.8 Å². The fourth-order valence-electron chi connectivity index (χ4n) is 2.09. The lowest BCUT2D eigenvalue weighted by Gasteiger charge is -2.12. The Hall–Kier alpha value is -2.44. The standard InChI is InChI=1S/C16H19FN2O4/c1-10(11-5-6-11)19-14(20)9-23-15(21)8-18-16(22)12-3-2-4-13(17)7-12/h2-4,7,10-11H,5-6,8-9H2,1H3,(H,18,22)(H,19,20)/t10-/m0/s1. The third-order valence-electron chi connectivity index (χ3n) is 3.56. The Morgan fingerprint density at radius 1 is 1.35 bits per heavy atom. The third kappa shape index (κ3) is 5.69. The minimum Gasteiger partial charge on any atom is -0.454 e. The molecule has 1 aromatic rings. The lowest BCUT2D eigenvalue weighted by molar-refractivity contribution is -0.147. The molecule has 7 heteroatoms. The number of benzene rings is 1. The second kappa shape index (κ2) is 7.71. The molecule has 1 atom stereocenters. The maximum absolute atomic E-state index is 13.0. The monoisotopic (exact) mass is 322 g/mol. The molecule has 0 aliphatic heterocycles. The first-order valence-corrected chi connectivity index (χ1v) is 7.44. The lowest BCUT2D eigenvalue weighted by atomic mass is 10.2. The molecule has 23 heavy (non-hydrogen) atoms. The minimum absolute atomic E-state index is 0.0777. The molecule has 2 rings (SSSR count). The number of nitrogens with one attached hydrogen (secondary N) is 2. The molecule has 1 aliphatic carbocycles. The Labute approximate surface area is 133 Å². The lowest BCUT2D eigenvalue weighted by Crippen LogP contribution is -2.38. The van der Waals surface area contributed by atoms with Crippen LogP contribution in [0.1, 0.15) is 30.1 Å². The summed E-state index contributed by atoms with van der Waals surface area (Å²) in [6.45, 7) is 1.14. The van der Waals surface area contributed by atoms with Crippen molar-refractivity contribution < 1.29 is 23.5 Å². The fourth-order valence-corrected chi connectivity index (χ4v) is 2.09. The van der Waals surface area contributed by atoms with Crippen LogP contribution in [-0.4, -0.2) is 37.0 Å². The number of carbonyl (C=O) groups is 3. The van der Waals surface area contributed by atoms with Gasteiger partial charge >= 0.3 is 5.97 Å². The highest BCUT2D eigenvalue weighted by Crippen LogP contribution is 2.32. The van der Waals surface area contributed by atoms with Gasteiger partial charge in [-0.05, 0) is 43.9 Å². The Bertz CT molecular complexity index is 601. The predicted molar refractivity (Wildman–Crippen MR) is 80.0 cm³/mol. The number of amides is 2. The number of hydrogen-bond acceptors (Lipinski definition) is 4. The molecule has 124 valence electrons.